The minimum absolute atomic E-state index is 0.0191. The van der Waals surface area contributed by atoms with E-state index in [1.807, 2.05) is 17.4 Å². The molecule has 2 saturated heterocycles. The smallest absolute Gasteiger partial charge is 0.417 e. The summed E-state index contributed by atoms with van der Waals surface area (Å²) in [5.74, 6) is -1.91. The topological polar surface area (TPSA) is 143 Å². The van der Waals surface area contributed by atoms with Gasteiger partial charge in [-0.05, 0) is 28.6 Å². The van der Waals surface area contributed by atoms with E-state index in [4.69, 9.17) is 9.47 Å². The lowest BCUT2D eigenvalue weighted by Gasteiger charge is -2.55. The standard InChI is InChI=1S/C29H27N3O8S2/c1-18(33)32(21-13-8-14-41-21)22-24(34)31-15-29(26(35)36,17-42-25(22)31)16-39-27(37)30-28(38)40-23(19-9-4-2-5-10-19)20-11-6-3-7-12-20/h2-14,22-23,25H,15-17H2,1H3,(H,35,36)(H,30,37,38)/t22?,25-,29?/m1/s1. The van der Waals surface area contributed by atoms with Gasteiger partial charge in [-0.2, -0.15) is 0 Å². The van der Waals surface area contributed by atoms with Gasteiger partial charge in [0.2, 0.25) is 11.8 Å². The van der Waals surface area contributed by atoms with Gasteiger partial charge < -0.3 is 19.5 Å². The molecule has 4 amide bonds. The molecule has 0 aliphatic carbocycles. The summed E-state index contributed by atoms with van der Waals surface area (Å²) in [6.07, 6.45) is -3.05. The number of hydrogen-bond donors (Lipinski definition) is 2. The summed E-state index contributed by atoms with van der Waals surface area (Å²) in [4.78, 5) is 65.8. The Balaban J connectivity index is 1.20. The van der Waals surface area contributed by atoms with Crippen LogP contribution in [0.2, 0.25) is 0 Å². The molecular weight excluding hydrogens is 582 g/mol. The number of alkyl carbamates (subject to hydrolysis) is 2. The van der Waals surface area contributed by atoms with Gasteiger partial charge in [-0.25, -0.2) is 14.9 Å². The van der Waals surface area contributed by atoms with Crippen molar-refractivity contribution in [3.05, 3.63) is 89.3 Å². The molecule has 2 aliphatic heterocycles. The molecular formula is C29H27N3O8S2. The molecule has 2 N–H and O–H groups in total. The first-order valence-electron chi connectivity index (χ1n) is 12.9. The molecule has 1 aromatic heterocycles. The van der Waals surface area contributed by atoms with Crippen LogP contribution in [0.25, 0.3) is 0 Å². The van der Waals surface area contributed by atoms with E-state index in [-0.39, 0.29) is 24.1 Å². The third-order valence-corrected chi connectivity index (χ3v) is 9.49. The van der Waals surface area contributed by atoms with Crippen LogP contribution in [-0.2, 0) is 23.9 Å². The maximum absolute atomic E-state index is 13.1. The predicted octanol–water partition coefficient (Wildman–Crippen LogP) is 4.11. The van der Waals surface area contributed by atoms with Crippen LogP contribution in [0.1, 0.15) is 24.2 Å². The molecule has 3 heterocycles. The number of hydrogen-bond acceptors (Lipinski definition) is 9. The molecule has 13 heteroatoms. The minimum atomic E-state index is -1.61. The fraction of sp³-hybridized carbons (Fsp3) is 0.276. The molecule has 0 spiro atoms. The van der Waals surface area contributed by atoms with Crippen molar-refractivity contribution in [2.75, 3.05) is 23.8 Å². The highest BCUT2D eigenvalue weighted by molar-refractivity contribution is 8.00. The SMILES string of the molecule is CC(=O)N(c1cccs1)C1C(=O)N2CC(COC(=O)NC(=O)OC(c3ccccc3)c3ccccc3)(C(=O)O)CS[C@H]12. The normalized spacial score (nSPS) is 21.1. The number of carboxylic acids is 1. The highest BCUT2D eigenvalue weighted by atomic mass is 32.2. The van der Waals surface area contributed by atoms with E-state index in [9.17, 15) is 29.1 Å². The Kier molecular flexibility index (Phi) is 8.50. The lowest BCUT2D eigenvalue weighted by Crippen LogP contribution is -2.74. The highest BCUT2D eigenvalue weighted by Crippen LogP contribution is 2.45. The van der Waals surface area contributed by atoms with E-state index in [2.05, 4.69) is 0 Å². The number of carbonyl (C=O) groups excluding carboxylic acids is 4. The van der Waals surface area contributed by atoms with Gasteiger partial charge >= 0.3 is 18.2 Å². The number of rotatable bonds is 8. The molecule has 5 rings (SSSR count). The van der Waals surface area contributed by atoms with E-state index in [0.717, 1.165) is 0 Å². The van der Waals surface area contributed by atoms with Crippen molar-refractivity contribution in [2.24, 2.45) is 5.41 Å². The molecule has 2 unspecified atom stereocenters. The highest BCUT2D eigenvalue weighted by Gasteiger charge is 2.60. The van der Waals surface area contributed by atoms with Crippen molar-refractivity contribution in [2.45, 2.75) is 24.4 Å². The van der Waals surface area contributed by atoms with Crippen LogP contribution >= 0.6 is 23.1 Å². The summed E-state index contributed by atoms with van der Waals surface area (Å²) in [5, 5.41) is 14.1. The number of β-lactam (4-membered cyclic amide) rings is 1. The fourth-order valence-electron chi connectivity index (χ4n) is 4.93. The largest absolute Gasteiger partial charge is 0.481 e. The van der Waals surface area contributed by atoms with Gasteiger partial charge in [0.05, 0.1) is 5.00 Å². The minimum Gasteiger partial charge on any atom is -0.481 e. The number of thiophene rings is 1. The Labute approximate surface area is 249 Å². The number of ether oxygens (including phenoxy) is 2. The first-order chi connectivity index (χ1) is 20.2. The van der Waals surface area contributed by atoms with Gasteiger partial charge in [-0.15, -0.1) is 23.1 Å². The maximum Gasteiger partial charge on any atom is 0.417 e. The van der Waals surface area contributed by atoms with Gasteiger partial charge in [0.1, 0.15) is 23.4 Å². The second-order valence-electron chi connectivity index (χ2n) is 9.85. The van der Waals surface area contributed by atoms with Gasteiger partial charge in [-0.3, -0.25) is 19.3 Å². The first kappa shape index (κ1) is 29.1. The Morgan fingerprint density at radius 2 is 1.67 bits per heavy atom. The summed E-state index contributed by atoms with van der Waals surface area (Å²) in [6.45, 7) is 0.579. The number of nitrogens with one attached hydrogen (secondary N) is 1. The second-order valence-corrected chi connectivity index (χ2v) is 11.9. The lowest BCUT2D eigenvalue weighted by molar-refractivity contribution is -0.159. The summed E-state index contributed by atoms with van der Waals surface area (Å²) in [5.41, 5.74) is -0.236. The number of anilines is 1. The number of fused-ring (bicyclic) bond motifs is 1. The average molecular weight is 610 g/mol. The van der Waals surface area contributed by atoms with Gasteiger partial charge in [0, 0.05) is 19.2 Å². The molecule has 2 fully saturated rings. The molecule has 218 valence electrons. The van der Waals surface area contributed by atoms with Gasteiger partial charge in [-0.1, -0.05) is 60.7 Å². The third-order valence-electron chi connectivity index (χ3n) is 7.04. The monoisotopic (exact) mass is 609 g/mol. The predicted molar refractivity (Wildman–Crippen MR) is 155 cm³/mol. The van der Waals surface area contributed by atoms with Crippen molar-refractivity contribution in [3.8, 4) is 0 Å². The summed E-state index contributed by atoms with van der Waals surface area (Å²) < 4.78 is 10.7. The molecule has 0 bridgehead atoms. The van der Waals surface area contributed by atoms with Crippen molar-refractivity contribution >= 4 is 58.1 Å². The number of nitrogens with zero attached hydrogens (tertiary/aromatic N) is 2. The van der Waals surface area contributed by atoms with Crippen LogP contribution < -0.4 is 10.2 Å². The summed E-state index contributed by atoms with van der Waals surface area (Å²) >= 11 is 2.53. The van der Waals surface area contributed by atoms with E-state index in [0.29, 0.717) is 16.1 Å². The molecule has 0 saturated carbocycles. The Morgan fingerprint density at radius 1 is 1.02 bits per heavy atom. The number of benzene rings is 2. The Bertz CT molecular complexity index is 1430. The number of carboxylic acid groups (broad SMARTS) is 1. The van der Waals surface area contributed by atoms with Crippen LogP contribution in [0.15, 0.2) is 78.2 Å². The molecule has 11 nitrogen and oxygen atoms in total. The van der Waals surface area contributed by atoms with Crippen LogP contribution in [0.4, 0.5) is 14.6 Å². The first-order valence-corrected chi connectivity index (χ1v) is 14.9. The summed E-state index contributed by atoms with van der Waals surface area (Å²) in [7, 11) is 0. The fourth-order valence-corrected chi connectivity index (χ4v) is 7.30. The Morgan fingerprint density at radius 3 is 2.21 bits per heavy atom. The molecule has 3 aromatic rings. The molecule has 2 aromatic carbocycles. The zero-order valence-corrected chi connectivity index (χ0v) is 24.0. The van der Waals surface area contributed by atoms with E-state index >= 15 is 0 Å². The van der Waals surface area contributed by atoms with Crippen molar-refractivity contribution in [3.63, 3.8) is 0 Å². The van der Waals surface area contributed by atoms with Crippen molar-refractivity contribution in [1.29, 1.82) is 0 Å². The third kappa shape index (κ3) is 5.83. The number of imide groups is 1. The van der Waals surface area contributed by atoms with Crippen molar-refractivity contribution in [1.82, 2.24) is 10.2 Å². The lowest BCUT2D eigenvalue weighted by atomic mass is 9.88. The number of amides is 4. The zero-order chi connectivity index (χ0) is 29.9. The van der Waals surface area contributed by atoms with Crippen LogP contribution in [0.5, 0.6) is 0 Å². The maximum atomic E-state index is 13.1. The molecule has 0 radical (unpaired) electrons. The number of thioether (sulfide) groups is 1. The number of carbonyl (C=O) groups is 5. The second kappa shape index (κ2) is 12.2. The van der Waals surface area contributed by atoms with Crippen LogP contribution in [0, 0.1) is 5.41 Å². The van der Waals surface area contributed by atoms with Gasteiger partial charge in [0.15, 0.2) is 6.10 Å². The van der Waals surface area contributed by atoms with Gasteiger partial charge in [0.25, 0.3) is 0 Å². The summed E-state index contributed by atoms with van der Waals surface area (Å²) in [6, 6.07) is 20.7. The van der Waals surface area contributed by atoms with Crippen LogP contribution in [-0.4, -0.2) is 70.3 Å². The molecule has 42 heavy (non-hydrogen) atoms. The van der Waals surface area contributed by atoms with E-state index in [1.165, 1.54) is 39.8 Å². The van der Waals surface area contributed by atoms with Crippen LogP contribution in [0.3, 0.4) is 0 Å². The molecule has 3 atom stereocenters. The quantitative estimate of drug-likeness (QED) is 0.361. The Hall–Kier alpha value is -4.36. The van der Waals surface area contributed by atoms with E-state index in [1.54, 1.807) is 66.0 Å². The molecule has 2 aliphatic rings. The van der Waals surface area contributed by atoms with E-state index < -0.39 is 47.7 Å². The average Bonchev–Trinajstić information content (AvgIpc) is 3.52. The van der Waals surface area contributed by atoms with Crippen molar-refractivity contribution < 1.29 is 38.6 Å². The zero-order valence-electron chi connectivity index (χ0n) is 22.4. The number of aliphatic carboxylic acids is 1.